The van der Waals surface area contributed by atoms with Gasteiger partial charge in [0.25, 0.3) is 6.71 Å². The van der Waals surface area contributed by atoms with Crippen LogP contribution in [0.25, 0.3) is 5.76 Å². The molecule has 3 rings (SSSR count). The van der Waals surface area contributed by atoms with Crippen LogP contribution in [0.2, 0.25) is 12.6 Å². The lowest BCUT2D eigenvalue weighted by molar-refractivity contribution is 0.371. The summed E-state index contributed by atoms with van der Waals surface area (Å²) in [6.07, 6.45) is 3.21. The number of hydrogen-bond donors (Lipinski definition) is 0. The minimum absolute atomic E-state index is 0.0570. The van der Waals surface area contributed by atoms with Crippen LogP contribution >= 0.6 is 0 Å². The van der Waals surface area contributed by atoms with E-state index in [0.29, 0.717) is 25.4 Å². The summed E-state index contributed by atoms with van der Waals surface area (Å²) in [7, 11) is 1.58. The molecule has 1 fully saturated rings. The molecule has 2 aromatic rings. The second kappa shape index (κ2) is 9.53. The highest BCUT2D eigenvalue weighted by Crippen LogP contribution is 2.23. The number of benzene rings is 1. The van der Waals surface area contributed by atoms with E-state index in [9.17, 15) is 4.21 Å². The smallest absolute Gasteiger partial charge is 0.270 e. The third kappa shape index (κ3) is 4.80. The summed E-state index contributed by atoms with van der Waals surface area (Å²) in [5.74, 6) is 2.87. The van der Waals surface area contributed by atoms with Crippen LogP contribution in [0.3, 0.4) is 0 Å². The SMILES string of the molecule is C=C(OC)c1ccc(CN(c2ccccc2)S(=O)N2CCB(C#N)CC2)nc1. The first-order valence-corrected chi connectivity index (χ1v) is 10.3. The molecule has 6 nitrogen and oxygen atoms in total. The van der Waals surface area contributed by atoms with Crippen molar-refractivity contribution in [2.45, 2.75) is 19.2 Å². The quantitative estimate of drug-likeness (QED) is 0.534. The van der Waals surface area contributed by atoms with Crippen molar-refractivity contribution in [2.24, 2.45) is 0 Å². The van der Waals surface area contributed by atoms with Gasteiger partial charge in [-0.2, -0.15) is 0 Å². The Morgan fingerprint density at radius 2 is 2.04 bits per heavy atom. The van der Waals surface area contributed by atoms with E-state index >= 15 is 0 Å². The van der Waals surface area contributed by atoms with Gasteiger partial charge in [-0.1, -0.05) is 24.8 Å². The fourth-order valence-electron chi connectivity index (χ4n) is 3.06. The first-order chi connectivity index (χ1) is 13.6. The molecule has 0 spiro atoms. The number of para-hydroxylation sites is 1. The zero-order valence-corrected chi connectivity index (χ0v) is 16.8. The Morgan fingerprint density at radius 1 is 1.32 bits per heavy atom. The van der Waals surface area contributed by atoms with Gasteiger partial charge in [-0.05, 0) is 36.9 Å². The Kier molecular flexibility index (Phi) is 6.85. The molecule has 0 aliphatic carbocycles. The normalized spacial score (nSPS) is 15.5. The van der Waals surface area contributed by atoms with Gasteiger partial charge in [0.2, 0.25) is 0 Å². The molecule has 1 unspecified atom stereocenters. The fourth-order valence-corrected chi connectivity index (χ4v) is 4.41. The molecule has 1 aromatic carbocycles. The van der Waals surface area contributed by atoms with Gasteiger partial charge in [-0.25, -0.2) is 13.8 Å². The lowest BCUT2D eigenvalue weighted by Gasteiger charge is -2.32. The molecule has 1 atom stereocenters. The summed E-state index contributed by atoms with van der Waals surface area (Å²) in [5, 5.41) is 9.10. The molecule has 0 saturated carbocycles. The van der Waals surface area contributed by atoms with Crippen molar-refractivity contribution in [1.82, 2.24) is 9.29 Å². The average Bonchev–Trinajstić information content (AvgIpc) is 2.77. The number of anilines is 1. The third-order valence-electron chi connectivity index (χ3n) is 4.79. The summed E-state index contributed by atoms with van der Waals surface area (Å²) in [4.78, 5) is 4.49. The van der Waals surface area contributed by atoms with Crippen molar-refractivity contribution in [3.8, 4) is 5.97 Å². The van der Waals surface area contributed by atoms with Crippen LogP contribution in [0.1, 0.15) is 11.3 Å². The largest absolute Gasteiger partial charge is 0.497 e. The number of rotatable bonds is 7. The van der Waals surface area contributed by atoms with E-state index in [1.165, 1.54) is 0 Å². The Labute approximate surface area is 169 Å². The molecular weight excluding hydrogens is 371 g/mol. The van der Waals surface area contributed by atoms with Gasteiger partial charge in [0.15, 0.2) is 11.2 Å². The maximum Gasteiger partial charge on any atom is 0.270 e. The molecule has 1 aliphatic rings. The zero-order valence-electron chi connectivity index (χ0n) is 16.0. The molecule has 144 valence electrons. The minimum atomic E-state index is -1.35. The van der Waals surface area contributed by atoms with Crippen molar-refractivity contribution in [3.05, 3.63) is 66.5 Å². The highest BCUT2D eigenvalue weighted by atomic mass is 32.2. The van der Waals surface area contributed by atoms with Crippen molar-refractivity contribution in [2.75, 3.05) is 24.5 Å². The van der Waals surface area contributed by atoms with Gasteiger partial charge >= 0.3 is 0 Å². The van der Waals surface area contributed by atoms with E-state index in [-0.39, 0.29) is 6.71 Å². The van der Waals surface area contributed by atoms with Crippen molar-refractivity contribution in [3.63, 3.8) is 0 Å². The minimum Gasteiger partial charge on any atom is -0.497 e. The molecule has 2 heterocycles. The summed E-state index contributed by atoms with van der Waals surface area (Å²) in [6, 6.07) is 13.5. The van der Waals surface area contributed by atoms with Crippen LogP contribution in [0.4, 0.5) is 5.69 Å². The van der Waals surface area contributed by atoms with E-state index < -0.39 is 11.2 Å². The molecule has 8 heteroatoms. The van der Waals surface area contributed by atoms with Crippen molar-refractivity contribution < 1.29 is 8.95 Å². The lowest BCUT2D eigenvalue weighted by atomic mass is 9.45. The van der Waals surface area contributed by atoms with Gasteiger partial charge in [0, 0.05) is 30.8 Å². The van der Waals surface area contributed by atoms with Gasteiger partial charge < -0.3 is 4.74 Å². The van der Waals surface area contributed by atoms with E-state index in [0.717, 1.165) is 29.6 Å². The second-order valence-corrected chi connectivity index (χ2v) is 8.02. The maximum atomic E-state index is 13.3. The highest BCUT2D eigenvalue weighted by molar-refractivity contribution is 7.84. The monoisotopic (exact) mass is 394 g/mol. The number of aromatic nitrogens is 1. The van der Waals surface area contributed by atoms with Crippen molar-refractivity contribution in [1.29, 1.82) is 5.26 Å². The molecule has 0 bridgehead atoms. The Hall–Kier alpha value is -2.63. The summed E-state index contributed by atoms with van der Waals surface area (Å²) in [6.45, 7) is 5.60. The average molecular weight is 394 g/mol. The third-order valence-corrected chi connectivity index (χ3v) is 6.31. The summed E-state index contributed by atoms with van der Waals surface area (Å²) >= 11 is -1.35. The van der Waals surface area contributed by atoms with Crippen LogP contribution < -0.4 is 4.31 Å². The number of nitriles is 1. The molecule has 0 radical (unpaired) electrons. The van der Waals surface area contributed by atoms with Crippen LogP contribution in [0.5, 0.6) is 0 Å². The van der Waals surface area contributed by atoms with Crippen LogP contribution in [0, 0.1) is 11.2 Å². The molecule has 1 saturated heterocycles. The van der Waals surface area contributed by atoms with E-state index in [1.807, 2.05) is 51.1 Å². The molecule has 28 heavy (non-hydrogen) atoms. The number of nitrogens with zero attached hydrogens (tertiary/aromatic N) is 4. The maximum absolute atomic E-state index is 13.3. The predicted octanol–water partition coefficient (Wildman–Crippen LogP) is 3.16. The standard InChI is InChI=1S/C20H23BN4O2S/c1-17(27-2)18-8-9-19(23-14-18)15-25(20-6-4-3-5-7-20)28(26)24-12-10-21(16-22)11-13-24/h3-9,14H,1,10-13,15H2,2H3. The Balaban J connectivity index is 1.79. The van der Waals surface area contributed by atoms with E-state index in [1.54, 1.807) is 13.3 Å². The first-order valence-electron chi connectivity index (χ1n) is 9.19. The van der Waals surface area contributed by atoms with Crippen molar-refractivity contribution >= 4 is 29.3 Å². The van der Waals surface area contributed by atoms with E-state index in [4.69, 9.17) is 10.00 Å². The molecule has 0 N–H and O–H groups in total. The number of methoxy groups -OCH3 is 1. The Morgan fingerprint density at radius 3 is 2.61 bits per heavy atom. The van der Waals surface area contributed by atoms with Gasteiger partial charge in [0.1, 0.15) is 5.76 Å². The topological polar surface area (TPSA) is 69.5 Å². The van der Waals surface area contributed by atoms with Gasteiger partial charge in [-0.3, -0.25) is 9.29 Å². The van der Waals surface area contributed by atoms with E-state index in [2.05, 4.69) is 17.5 Å². The predicted molar refractivity (Wildman–Crippen MR) is 114 cm³/mol. The number of hydrogen-bond acceptors (Lipinski definition) is 4. The number of pyridine rings is 1. The van der Waals surface area contributed by atoms with Gasteiger partial charge in [-0.15, -0.1) is 0 Å². The summed E-state index contributed by atoms with van der Waals surface area (Å²) in [5.41, 5.74) is 2.49. The zero-order chi connectivity index (χ0) is 19.9. The molecule has 0 amide bonds. The Bertz CT molecular complexity index is 862. The van der Waals surface area contributed by atoms with Gasteiger partial charge in [0.05, 0.1) is 25.0 Å². The lowest BCUT2D eigenvalue weighted by Crippen LogP contribution is -2.44. The first kappa shape index (κ1) is 20.1. The molecule has 1 aromatic heterocycles. The fraction of sp³-hybridized carbons (Fsp3) is 0.300. The summed E-state index contributed by atoms with van der Waals surface area (Å²) < 4.78 is 22.3. The number of ether oxygens (including phenoxy) is 1. The van der Waals surface area contributed by atoms with Crippen LogP contribution in [-0.4, -0.2) is 40.4 Å². The highest BCUT2D eigenvalue weighted by Gasteiger charge is 2.29. The molecular formula is C20H23BN4O2S. The molecule has 1 aliphatic heterocycles. The van der Waals surface area contributed by atoms with Crippen LogP contribution in [0.15, 0.2) is 55.2 Å². The second-order valence-electron chi connectivity index (χ2n) is 6.60. The van der Waals surface area contributed by atoms with Crippen LogP contribution in [-0.2, 0) is 22.5 Å².